The highest BCUT2D eigenvalue weighted by Gasteiger charge is 2.18. The van der Waals surface area contributed by atoms with Crippen LogP contribution in [0.5, 0.6) is 0 Å². The second-order valence-electron chi connectivity index (χ2n) is 6.02. The van der Waals surface area contributed by atoms with Crippen LogP contribution in [-0.2, 0) is 10.0 Å². The Morgan fingerprint density at radius 2 is 1.89 bits per heavy atom. The number of aromatic nitrogens is 2. The van der Waals surface area contributed by atoms with Crippen LogP contribution in [0.25, 0.3) is 16.6 Å². The maximum atomic E-state index is 13.0. The van der Waals surface area contributed by atoms with Crippen molar-refractivity contribution >= 4 is 49.6 Å². The third-order valence-electron chi connectivity index (χ3n) is 4.16. The average Bonchev–Trinajstić information content (AvgIpc) is 3.20. The molecule has 2 heterocycles. The zero-order valence-electron chi connectivity index (χ0n) is 14.6. The highest BCUT2D eigenvalue weighted by molar-refractivity contribution is 7.94. The van der Waals surface area contributed by atoms with Crippen LogP contribution >= 0.6 is 22.9 Å². The minimum absolute atomic E-state index is 0.176. The zero-order valence-corrected chi connectivity index (χ0v) is 17.0. The Kier molecular flexibility index (Phi) is 4.70. The van der Waals surface area contributed by atoms with E-state index in [1.54, 1.807) is 48.7 Å². The molecule has 0 aliphatic carbocycles. The second-order valence-corrected chi connectivity index (χ2v) is 9.28. The zero-order chi connectivity index (χ0) is 19.9. The molecule has 0 fully saturated rings. The van der Waals surface area contributed by atoms with Crippen LogP contribution in [0.1, 0.15) is 5.82 Å². The number of aryl methyl sites for hydroxylation is 1. The van der Waals surface area contributed by atoms with E-state index in [2.05, 4.69) is 9.71 Å². The van der Waals surface area contributed by atoms with Gasteiger partial charge in [0.2, 0.25) is 0 Å². The van der Waals surface area contributed by atoms with Crippen molar-refractivity contribution in [3.05, 3.63) is 81.2 Å². The lowest BCUT2D eigenvalue weighted by atomic mass is 10.2. The normalized spacial score (nSPS) is 11.6. The maximum Gasteiger partial charge on any atom is 0.271 e. The van der Waals surface area contributed by atoms with E-state index in [1.807, 2.05) is 6.07 Å². The fourth-order valence-corrected chi connectivity index (χ4v) is 5.17. The van der Waals surface area contributed by atoms with E-state index in [0.717, 1.165) is 11.3 Å². The molecule has 28 heavy (non-hydrogen) atoms. The molecule has 1 N–H and O–H groups in total. The number of fused-ring (bicyclic) bond motifs is 1. The van der Waals surface area contributed by atoms with Crippen molar-refractivity contribution in [3.63, 3.8) is 0 Å². The summed E-state index contributed by atoms with van der Waals surface area (Å²) in [6, 6.07) is 14.9. The van der Waals surface area contributed by atoms with Crippen molar-refractivity contribution in [2.24, 2.45) is 0 Å². The molecule has 0 saturated heterocycles. The molecule has 9 heteroatoms. The van der Waals surface area contributed by atoms with Crippen LogP contribution in [0.2, 0.25) is 5.02 Å². The molecule has 0 aliphatic heterocycles. The van der Waals surface area contributed by atoms with Gasteiger partial charge in [0, 0.05) is 0 Å². The number of nitrogens with zero attached hydrogens (tertiary/aromatic N) is 2. The van der Waals surface area contributed by atoms with Crippen molar-refractivity contribution in [1.29, 1.82) is 0 Å². The molecule has 0 aliphatic rings. The average molecular weight is 432 g/mol. The molecule has 0 saturated carbocycles. The number of anilines is 1. The molecule has 0 unspecified atom stereocenters. The fraction of sp³-hybridized carbons (Fsp3) is 0.0526. The summed E-state index contributed by atoms with van der Waals surface area (Å²) in [6.07, 6.45) is 0. The molecule has 0 amide bonds. The standard InChI is InChI=1S/C19H14ClN3O3S2/c1-12-21-16-6-3-2-5-14(16)19(24)23(12)13-8-9-15(20)17(11-13)22-28(25,26)18-7-4-10-27-18/h2-11,22H,1H3. The van der Waals surface area contributed by atoms with E-state index in [4.69, 9.17) is 11.6 Å². The predicted molar refractivity (Wildman–Crippen MR) is 112 cm³/mol. The molecule has 2 aromatic heterocycles. The minimum Gasteiger partial charge on any atom is -0.277 e. The van der Waals surface area contributed by atoms with Crippen LogP contribution in [-0.4, -0.2) is 18.0 Å². The lowest BCUT2D eigenvalue weighted by Crippen LogP contribution is -2.22. The van der Waals surface area contributed by atoms with Gasteiger partial charge >= 0.3 is 0 Å². The predicted octanol–water partition coefficient (Wildman–Crippen LogP) is 4.21. The first-order valence-electron chi connectivity index (χ1n) is 8.21. The number of nitrogens with one attached hydrogen (secondary N) is 1. The summed E-state index contributed by atoms with van der Waals surface area (Å²) in [7, 11) is -3.77. The van der Waals surface area contributed by atoms with Crippen LogP contribution in [0.3, 0.4) is 0 Å². The van der Waals surface area contributed by atoms with Gasteiger partial charge in [-0.15, -0.1) is 11.3 Å². The van der Waals surface area contributed by atoms with Gasteiger partial charge in [-0.05, 0) is 48.7 Å². The molecule has 0 spiro atoms. The Labute approximate surface area is 170 Å². The smallest absolute Gasteiger partial charge is 0.271 e. The highest BCUT2D eigenvalue weighted by atomic mass is 35.5. The topological polar surface area (TPSA) is 81.1 Å². The summed E-state index contributed by atoms with van der Waals surface area (Å²) >= 11 is 7.30. The third-order valence-corrected chi connectivity index (χ3v) is 7.25. The molecule has 142 valence electrons. The summed E-state index contributed by atoms with van der Waals surface area (Å²) in [5.41, 5.74) is 1.02. The monoisotopic (exact) mass is 431 g/mol. The van der Waals surface area contributed by atoms with Crippen molar-refractivity contribution in [1.82, 2.24) is 9.55 Å². The Morgan fingerprint density at radius 1 is 1.11 bits per heavy atom. The first kappa shape index (κ1) is 18.7. The number of rotatable bonds is 4. The molecular formula is C19H14ClN3O3S2. The van der Waals surface area contributed by atoms with Crippen molar-refractivity contribution in [3.8, 4) is 5.69 Å². The molecular weight excluding hydrogens is 418 g/mol. The first-order chi connectivity index (χ1) is 13.4. The summed E-state index contributed by atoms with van der Waals surface area (Å²) < 4.78 is 29.2. The van der Waals surface area contributed by atoms with Crippen molar-refractivity contribution in [2.75, 3.05) is 4.72 Å². The minimum atomic E-state index is -3.77. The molecule has 0 bridgehead atoms. The van der Waals surface area contributed by atoms with E-state index in [1.165, 1.54) is 16.7 Å². The van der Waals surface area contributed by atoms with E-state index in [-0.39, 0.29) is 20.5 Å². The van der Waals surface area contributed by atoms with E-state index < -0.39 is 10.0 Å². The van der Waals surface area contributed by atoms with Gasteiger partial charge < -0.3 is 0 Å². The SMILES string of the molecule is Cc1nc2ccccc2c(=O)n1-c1ccc(Cl)c(NS(=O)(=O)c2cccs2)c1. The number of halogens is 1. The quantitative estimate of drug-likeness (QED) is 0.524. The van der Waals surface area contributed by atoms with Gasteiger partial charge in [0.05, 0.1) is 27.3 Å². The van der Waals surface area contributed by atoms with Crippen LogP contribution in [0.15, 0.2) is 69.0 Å². The van der Waals surface area contributed by atoms with Crippen molar-refractivity contribution < 1.29 is 8.42 Å². The Bertz CT molecular complexity index is 1350. The van der Waals surface area contributed by atoms with E-state index in [0.29, 0.717) is 22.4 Å². The molecule has 4 rings (SSSR count). The third kappa shape index (κ3) is 3.30. The van der Waals surface area contributed by atoms with Crippen LogP contribution < -0.4 is 10.3 Å². The van der Waals surface area contributed by atoms with Gasteiger partial charge in [0.1, 0.15) is 10.0 Å². The molecule has 0 atom stereocenters. The summed E-state index contributed by atoms with van der Waals surface area (Å²) in [4.78, 5) is 17.4. The number of hydrogen-bond donors (Lipinski definition) is 1. The molecule has 0 radical (unpaired) electrons. The molecule has 4 aromatic rings. The van der Waals surface area contributed by atoms with Gasteiger partial charge in [0.15, 0.2) is 0 Å². The first-order valence-corrected chi connectivity index (χ1v) is 11.0. The van der Waals surface area contributed by atoms with Gasteiger partial charge in [-0.1, -0.05) is 29.8 Å². The Morgan fingerprint density at radius 3 is 2.64 bits per heavy atom. The van der Waals surface area contributed by atoms with Crippen molar-refractivity contribution in [2.45, 2.75) is 11.1 Å². The Hall–Kier alpha value is -2.68. The van der Waals surface area contributed by atoms with Crippen LogP contribution in [0, 0.1) is 6.92 Å². The second kappa shape index (κ2) is 7.05. The Balaban J connectivity index is 1.84. The number of hydrogen-bond acceptors (Lipinski definition) is 5. The molecule has 6 nitrogen and oxygen atoms in total. The van der Waals surface area contributed by atoms with Gasteiger partial charge in [-0.2, -0.15) is 0 Å². The number of para-hydroxylation sites is 1. The number of benzene rings is 2. The lowest BCUT2D eigenvalue weighted by Gasteiger charge is -2.14. The van der Waals surface area contributed by atoms with Gasteiger partial charge in [0.25, 0.3) is 15.6 Å². The largest absolute Gasteiger partial charge is 0.277 e. The highest BCUT2D eigenvalue weighted by Crippen LogP contribution is 2.28. The number of thiophene rings is 1. The van der Waals surface area contributed by atoms with Gasteiger partial charge in [-0.3, -0.25) is 14.1 Å². The fourth-order valence-electron chi connectivity index (χ4n) is 2.89. The summed E-state index contributed by atoms with van der Waals surface area (Å²) in [5.74, 6) is 0.484. The van der Waals surface area contributed by atoms with E-state index >= 15 is 0 Å². The maximum absolute atomic E-state index is 13.0. The van der Waals surface area contributed by atoms with E-state index in [9.17, 15) is 13.2 Å². The molecule has 2 aromatic carbocycles. The number of sulfonamides is 1. The van der Waals surface area contributed by atoms with Crippen LogP contribution in [0.4, 0.5) is 5.69 Å². The summed E-state index contributed by atoms with van der Waals surface area (Å²) in [6.45, 7) is 1.72. The van der Waals surface area contributed by atoms with Gasteiger partial charge in [-0.25, -0.2) is 13.4 Å². The summed E-state index contributed by atoms with van der Waals surface area (Å²) in [5, 5.41) is 2.38. The lowest BCUT2D eigenvalue weighted by molar-refractivity contribution is 0.603.